The summed E-state index contributed by atoms with van der Waals surface area (Å²) in [6.07, 6.45) is 2.52. The molecule has 1 aromatic heterocycles. The highest BCUT2D eigenvalue weighted by atomic mass is 32.2. The van der Waals surface area contributed by atoms with Crippen molar-refractivity contribution in [3.63, 3.8) is 0 Å². The lowest BCUT2D eigenvalue weighted by Crippen LogP contribution is -2.38. The van der Waals surface area contributed by atoms with E-state index in [0.717, 1.165) is 10.3 Å². The number of hydrogen-bond acceptors (Lipinski definition) is 5. The Morgan fingerprint density at radius 2 is 2.06 bits per heavy atom. The van der Waals surface area contributed by atoms with Crippen LogP contribution in [0.4, 0.5) is 4.79 Å². The highest BCUT2D eigenvalue weighted by molar-refractivity contribution is 7.88. The van der Waals surface area contributed by atoms with Gasteiger partial charge in [0.1, 0.15) is 11.9 Å². The first-order chi connectivity index (χ1) is 7.21. The summed E-state index contributed by atoms with van der Waals surface area (Å²) in [6.45, 7) is 4.91. The van der Waals surface area contributed by atoms with Crippen LogP contribution in [0.25, 0.3) is 0 Å². The Balaban J connectivity index is 2.72. The summed E-state index contributed by atoms with van der Waals surface area (Å²) in [4.78, 5) is 14.8. The minimum Gasteiger partial charge on any atom is -0.443 e. The summed E-state index contributed by atoms with van der Waals surface area (Å²) in [5.41, 5.74) is -0.755. The number of ether oxygens (including phenoxy) is 1. The van der Waals surface area contributed by atoms with Crippen molar-refractivity contribution in [3.05, 3.63) is 18.7 Å². The van der Waals surface area contributed by atoms with Crippen LogP contribution in [0.1, 0.15) is 20.8 Å². The summed E-state index contributed by atoms with van der Waals surface area (Å²) < 4.78 is 30.3. The molecule has 0 aliphatic heterocycles. The van der Waals surface area contributed by atoms with Gasteiger partial charge < -0.3 is 4.74 Å². The number of hydrogen-bond donors (Lipinski definition) is 1. The Labute approximate surface area is 93.6 Å². The van der Waals surface area contributed by atoms with Gasteiger partial charge in [-0.1, -0.05) is 0 Å². The molecule has 7 nitrogen and oxygen atoms in total. The van der Waals surface area contributed by atoms with E-state index < -0.39 is 21.9 Å². The predicted molar refractivity (Wildman–Crippen MR) is 55.9 cm³/mol. The number of nitrogens with zero attached hydrogens (tertiary/aromatic N) is 2. The molecule has 8 heteroatoms. The molecule has 0 atom stereocenters. The zero-order valence-electron chi connectivity index (χ0n) is 9.17. The first kappa shape index (κ1) is 12.5. The second kappa shape index (κ2) is 4.12. The normalized spacial score (nSPS) is 12.2. The average Bonchev–Trinajstić information content (AvgIpc) is 2.49. The Morgan fingerprint density at radius 3 is 2.50 bits per heavy atom. The van der Waals surface area contributed by atoms with Crippen molar-refractivity contribution < 1.29 is 17.9 Å². The molecule has 0 aliphatic carbocycles. The number of nitrogens with one attached hydrogen (secondary N) is 1. The fourth-order valence-corrected chi connectivity index (χ4v) is 1.60. The first-order valence-corrected chi connectivity index (χ1v) is 5.89. The van der Waals surface area contributed by atoms with Crippen LogP contribution in [0.3, 0.4) is 0 Å². The molecule has 1 heterocycles. The molecule has 1 aromatic rings. The third-order valence-electron chi connectivity index (χ3n) is 1.37. The van der Waals surface area contributed by atoms with Crippen molar-refractivity contribution in [3.8, 4) is 0 Å². The third kappa shape index (κ3) is 3.54. The van der Waals surface area contributed by atoms with Crippen LogP contribution >= 0.6 is 0 Å². The second-order valence-corrected chi connectivity index (χ2v) is 5.58. The van der Waals surface area contributed by atoms with E-state index >= 15 is 0 Å². The summed E-state index contributed by atoms with van der Waals surface area (Å²) >= 11 is 0. The number of imidazole rings is 1. The summed E-state index contributed by atoms with van der Waals surface area (Å²) in [6, 6.07) is 0. The van der Waals surface area contributed by atoms with Gasteiger partial charge in [0, 0.05) is 12.4 Å². The van der Waals surface area contributed by atoms with Gasteiger partial charge in [-0.25, -0.2) is 18.5 Å². The molecule has 0 radical (unpaired) electrons. The maximum absolute atomic E-state index is 11.5. The SMILES string of the molecule is CC(C)(C)OC(=O)NS(=O)(=O)n1ccnc1. The van der Waals surface area contributed by atoms with Crippen molar-refractivity contribution >= 4 is 16.3 Å². The lowest BCUT2D eigenvalue weighted by Gasteiger charge is -2.19. The standard InChI is InChI=1S/C8H13N3O4S/c1-8(2,3)15-7(12)10-16(13,14)11-5-4-9-6-11/h4-6H,1-3H3,(H,10,12). The van der Waals surface area contributed by atoms with Crippen LogP contribution in [-0.2, 0) is 14.9 Å². The van der Waals surface area contributed by atoms with Gasteiger partial charge in [-0.3, -0.25) is 0 Å². The van der Waals surface area contributed by atoms with E-state index in [1.165, 1.54) is 12.4 Å². The van der Waals surface area contributed by atoms with Gasteiger partial charge >= 0.3 is 16.3 Å². The molecule has 0 fully saturated rings. The van der Waals surface area contributed by atoms with Gasteiger partial charge in [0.2, 0.25) is 0 Å². The van der Waals surface area contributed by atoms with Gasteiger partial charge in [0.15, 0.2) is 0 Å². The van der Waals surface area contributed by atoms with Crippen molar-refractivity contribution in [2.45, 2.75) is 26.4 Å². The molecule has 1 N–H and O–H groups in total. The quantitative estimate of drug-likeness (QED) is 0.821. The molecule has 0 spiro atoms. The smallest absolute Gasteiger partial charge is 0.422 e. The van der Waals surface area contributed by atoms with Gasteiger partial charge in [0.25, 0.3) is 0 Å². The van der Waals surface area contributed by atoms with Crippen LogP contribution in [0.5, 0.6) is 0 Å². The lowest BCUT2D eigenvalue weighted by molar-refractivity contribution is 0.0569. The van der Waals surface area contributed by atoms with Crippen LogP contribution in [0.15, 0.2) is 18.7 Å². The molecule has 0 unspecified atom stereocenters. The van der Waals surface area contributed by atoms with E-state index in [1.807, 2.05) is 0 Å². The fraction of sp³-hybridized carbons (Fsp3) is 0.500. The van der Waals surface area contributed by atoms with Gasteiger partial charge in [-0.2, -0.15) is 8.42 Å². The molecule has 1 rings (SSSR count). The molecular formula is C8H13N3O4S. The number of amides is 1. The topological polar surface area (TPSA) is 90.3 Å². The molecule has 1 amide bonds. The largest absolute Gasteiger partial charge is 0.443 e. The number of carbonyl (C=O) groups is 1. The van der Waals surface area contributed by atoms with Gasteiger partial charge in [-0.05, 0) is 20.8 Å². The van der Waals surface area contributed by atoms with Crippen LogP contribution in [-0.4, -0.2) is 29.1 Å². The second-order valence-electron chi connectivity index (χ2n) is 4.00. The zero-order chi connectivity index (χ0) is 12.4. The van der Waals surface area contributed by atoms with Crippen LogP contribution in [0.2, 0.25) is 0 Å². The van der Waals surface area contributed by atoms with E-state index in [1.54, 1.807) is 25.5 Å². The molecule has 90 valence electrons. The Morgan fingerprint density at radius 1 is 1.44 bits per heavy atom. The van der Waals surface area contributed by atoms with Crippen molar-refractivity contribution in [2.24, 2.45) is 0 Å². The highest BCUT2D eigenvalue weighted by Crippen LogP contribution is 2.07. The minimum absolute atomic E-state index is 0.755. The minimum atomic E-state index is -3.96. The molecule has 0 saturated carbocycles. The first-order valence-electron chi connectivity index (χ1n) is 4.45. The lowest BCUT2D eigenvalue weighted by atomic mass is 10.2. The van der Waals surface area contributed by atoms with E-state index in [0.29, 0.717) is 0 Å². The summed E-state index contributed by atoms with van der Waals surface area (Å²) in [7, 11) is -3.96. The average molecular weight is 247 g/mol. The molecular weight excluding hydrogens is 234 g/mol. The van der Waals surface area contributed by atoms with Crippen molar-refractivity contribution in [1.29, 1.82) is 0 Å². The highest BCUT2D eigenvalue weighted by Gasteiger charge is 2.21. The number of rotatable bonds is 2. The van der Waals surface area contributed by atoms with Gasteiger partial charge in [-0.15, -0.1) is 0 Å². The maximum atomic E-state index is 11.5. The Hall–Kier alpha value is -1.57. The third-order valence-corrected chi connectivity index (χ3v) is 2.56. The van der Waals surface area contributed by atoms with Crippen LogP contribution in [0, 0.1) is 0 Å². The van der Waals surface area contributed by atoms with E-state index in [2.05, 4.69) is 4.98 Å². The van der Waals surface area contributed by atoms with E-state index in [-0.39, 0.29) is 0 Å². The van der Waals surface area contributed by atoms with Crippen molar-refractivity contribution in [2.75, 3.05) is 0 Å². The number of carbonyl (C=O) groups excluding carboxylic acids is 1. The zero-order valence-corrected chi connectivity index (χ0v) is 9.98. The molecule has 0 bridgehead atoms. The van der Waals surface area contributed by atoms with Crippen molar-refractivity contribution in [1.82, 2.24) is 13.7 Å². The maximum Gasteiger partial charge on any atom is 0.422 e. The Kier molecular flexibility index (Phi) is 3.22. The predicted octanol–water partition coefficient (Wildman–Crippen LogP) is 0.501. The Bertz CT molecular complexity index is 458. The molecule has 0 aromatic carbocycles. The summed E-state index contributed by atoms with van der Waals surface area (Å²) in [5, 5.41) is 0. The fourth-order valence-electron chi connectivity index (χ4n) is 0.846. The number of aromatic nitrogens is 2. The van der Waals surface area contributed by atoms with E-state index in [9.17, 15) is 13.2 Å². The summed E-state index contributed by atoms with van der Waals surface area (Å²) in [5.74, 6) is 0. The molecule has 16 heavy (non-hydrogen) atoms. The van der Waals surface area contributed by atoms with E-state index in [4.69, 9.17) is 4.74 Å². The monoisotopic (exact) mass is 247 g/mol. The molecule has 0 saturated heterocycles. The molecule has 0 aliphatic rings. The van der Waals surface area contributed by atoms with Crippen LogP contribution < -0.4 is 4.72 Å². The van der Waals surface area contributed by atoms with Gasteiger partial charge in [0.05, 0.1) is 0 Å².